The van der Waals surface area contributed by atoms with Gasteiger partial charge in [0.2, 0.25) is 0 Å². The molecule has 0 amide bonds. The van der Waals surface area contributed by atoms with Gasteiger partial charge in [-0.15, -0.1) is 0 Å². The van der Waals surface area contributed by atoms with Crippen LogP contribution in [0.5, 0.6) is 0 Å². The van der Waals surface area contributed by atoms with Crippen LogP contribution >= 0.6 is 0 Å². The first kappa shape index (κ1) is 48.7. The van der Waals surface area contributed by atoms with Crippen LogP contribution in [0.3, 0.4) is 0 Å². The Balaban J connectivity index is 1.09. The van der Waals surface area contributed by atoms with Gasteiger partial charge in [0.15, 0.2) is 0 Å². The lowest BCUT2D eigenvalue weighted by atomic mass is 9.84. The quantitative estimate of drug-likeness (QED) is 0.0696. The van der Waals surface area contributed by atoms with Crippen LogP contribution in [-0.4, -0.2) is 47.9 Å². The predicted octanol–water partition coefficient (Wildman–Crippen LogP) is 13.6. The Hall–Kier alpha value is -4.79. The molecule has 8 bridgehead atoms. The number of esters is 2. The van der Waals surface area contributed by atoms with Gasteiger partial charge in [-0.2, -0.15) is 0 Å². The topological polar surface area (TPSA) is 122 Å². The average Bonchev–Trinajstić information content (AvgIpc) is 4.03. The number of allylic oxidation sites excluding steroid dienone is 11. The van der Waals surface area contributed by atoms with Crippen molar-refractivity contribution in [3.05, 3.63) is 104 Å². The van der Waals surface area contributed by atoms with Gasteiger partial charge in [-0.3, -0.25) is 9.59 Å². The van der Waals surface area contributed by atoms with Crippen molar-refractivity contribution >= 4 is 29.1 Å². The molecule has 5 heterocycles. The highest BCUT2D eigenvalue weighted by atomic mass is 16.5. The average molecular weight is 873 g/mol. The highest BCUT2D eigenvalue weighted by Crippen LogP contribution is 2.49. The standard InChI is InChI=1S/C55H76N4O5/c1-9-12-13-14-15-16-17-18-19-20-21-22-23-24-25-26-27-28-31-64-48(60)30-29-41-37(6)44-32-42-35(4)39(10-2)46(56-42)33-43-36(5)40(11-3)47(57-43)34-45-38(7)49-53(59-45)50(52(41)58-44)51(54(49)61)55(62)63-8/h10,32-34,37,41,51,58,61H,2,9,11-31H2,1,3-8H3. The second kappa shape index (κ2) is 23.4. The molecule has 9 heteroatoms. The summed E-state index contributed by atoms with van der Waals surface area (Å²) in [5, 5.41) is 15.6. The van der Waals surface area contributed by atoms with Gasteiger partial charge in [-0.25, -0.2) is 15.0 Å². The minimum atomic E-state index is -1.06. The predicted molar refractivity (Wildman–Crippen MR) is 262 cm³/mol. The molecule has 0 radical (unpaired) electrons. The van der Waals surface area contributed by atoms with E-state index >= 15 is 0 Å². The SMILES string of the molecule is C=CC1=C(C)C2=NC1=CC1=NC(=CC3=C(C)C4=C(O)C(C(=O)OC)C(=C5NC(=C2)C(C)C5CCC(=O)OCCCCCCCCCCCCCCCCCCCC)C4=N3)C(CC)=C1C. The summed E-state index contributed by atoms with van der Waals surface area (Å²) < 4.78 is 11.1. The first-order valence-electron chi connectivity index (χ1n) is 24.9. The summed E-state index contributed by atoms with van der Waals surface area (Å²) in [7, 11) is 1.34. The number of carbonyl (C=O) groups is 2. The van der Waals surface area contributed by atoms with Crippen LogP contribution in [0.25, 0.3) is 0 Å². The van der Waals surface area contributed by atoms with E-state index in [1.807, 2.05) is 25.2 Å². The molecule has 0 aromatic rings. The Morgan fingerprint density at radius 2 is 1.34 bits per heavy atom. The number of methoxy groups -OCH3 is 1. The summed E-state index contributed by atoms with van der Waals surface area (Å²) in [4.78, 5) is 42.3. The fraction of sp³-hybridized carbons (Fsp3) is 0.582. The maximum Gasteiger partial charge on any atom is 0.321 e. The number of aliphatic imine (C=N–C) groups is 3. The van der Waals surface area contributed by atoms with Crippen LogP contribution < -0.4 is 5.32 Å². The van der Waals surface area contributed by atoms with Crippen molar-refractivity contribution in [2.24, 2.45) is 32.7 Å². The molecular formula is C55H76N4O5. The Labute approximate surface area is 384 Å². The Bertz CT molecular complexity index is 2160. The molecule has 9 nitrogen and oxygen atoms in total. The minimum Gasteiger partial charge on any atom is -0.510 e. The number of unbranched alkanes of at least 4 members (excludes halogenated alkanes) is 17. The highest BCUT2D eigenvalue weighted by Gasteiger charge is 2.49. The Morgan fingerprint density at radius 1 is 0.766 bits per heavy atom. The highest BCUT2D eigenvalue weighted by molar-refractivity contribution is 6.24. The molecular weight excluding hydrogens is 797 g/mol. The lowest BCUT2D eigenvalue weighted by molar-refractivity contribution is -0.144. The van der Waals surface area contributed by atoms with E-state index in [1.54, 1.807) is 0 Å². The van der Waals surface area contributed by atoms with Crippen molar-refractivity contribution in [3.63, 3.8) is 0 Å². The third kappa shape index (κ3) is 11.2. The van der Waals surface area contributed by atoms with Gasteiger partial charge in [-0.1, -0.05) is 143 Å². The fourth-order valence-corrected chi connectivity index (χ4v) is 10.3. The normalized spacial score (nSPS) is 21.3. The van der Waals surface area contributed by atoms with Gasteiger partial charge in [0.25, 0.3) is 0 Å². The molecule has 3 atom stereocenters. The third-order valence-electron chi connectivity index (χ3n) is 14.3. The van der Waals surface area contributed by atoms with E-state index in [1.165, 1.54) is 110 Å². The molecule has 346 valence electrons. The number of ether oxygens (including phenoxy) is 2. The largest absolute Gasteiger partial charge is 0.510 e. The molecule has 1 saturated heterocycles. The first-order chi connectivity index (χ1) is 31.0. The van der Waals surface area contributed by atoms with Crippen LogP contribution in [0.2, 0.25) is 0 Å². The summed E-state index contributed by atoms with van der Waals surface area (Å²) in [5.41, 5.74) is 12.2. The van der Waals surface area contributed by atoms with Gasteiger partial charge >= 0.3 is 11.9 Å². The van der Waals surface area contributed by atoms with Crippen LogP contribution in [0.15, 0.2) is 119 Å². The minimum absolute atomic E-state index is 0.0744. The summed E-state index contributed by atoms with van der Waals surface area (Å²) in [6, 6.07) is 0. The molecule has 0 aromatic heterocycles. The van der Waals surface area contributed by atoms with Crippen LogP contribution in [0.4, 0.5) is 0 Å². The number of hydrogen-bond acceptors (Lipinski definition) is 9. The number of nitrogens with zero attached hydrogens (tertiary/aromatic N) is 3. The van der Waals surface area contributed by atoms with Crippen LogP contribution in [0, 0.1) is 17.8 Å². The molecule has 5 aliphatic heterocycles. The van der Waals surface area contributed by atoms with Crippen LogP contribution in [-0.2, 0) is 19.1 Å². The molecule has 1 aliphatic carbocycles. The molecule has 0 spiro atoms. The zero-order valence-electron chi connectivity index (χ0n) is 40.2. The number of fused-ring (bicyclic) bond motifs is 5. The summed E-state index contributed by atoms with van der Waals surface area (Å²) in [6.45, 7) is 17.2. The smallest absolute Gasteiger partial charge is 0.321 e. The summed E-state index contributed by atoms with van der Waals surface area (Å²) >= 11 is 0. The maximum absolute atomic E-state index is 13.6. The van der Waals surface area contributed by atoms with E-state index in [-0.39, 0.29) is 30.0 Å². The Kier molecular flexibility index (Phi) is 17.8. The van der Waals surface area contributed by atoms with E-state index in [0.717, 1.165) is 81.3 Å². The number of nitrogens with one attached hydrogen (secondary N) is 1. The van der Waals surface area contributed by atoms with Gasteiger partial charge in [0.1, 0.15) is 11.7 Å². The van der Waals surface area contributed by atoms with Crippen molar-refractivity contribution in [2.45, 2.75) is 176 Å². The first-order valence-corrected chi connectivity index (χ1v) is 24.9. The van der Waals surface area contributed by atoms with Crippen molar-refractivity contribution in [2.75, 3.05) is 13.7 Å². The molecule has 3 unspecified atom stereocenters. The van der Waals surface area contributed by atoms with Crippen molar-refractivity contribution in [1.82, 2.24) is 5.32 Å². The second-order valence-electron chi connectivity index (χ2n) is 18.7. The van der Waals surface area contributed by atoms with Crippen molar-refractivity contribution in [3.8, 4) is 0 Å². The van der Waals surface area contributed by atoms with Crippen molar-refractivity contribution in [1.29, 1.82) is 0 Å². The lowest BCUT2D eigenvalue weighted by Crippen LogP contribution is -2.25. The number of aliphatic hydroxyl groups excluding tert-OH is 1. The number of hydrogen-bond donors (Lipinski definition) is 2. The summed E-state index contributed by atoms with van der Waals surface area (Å²) in [6.07, 6.45) is 33.1. The van der Waals surface area contributed by atoms with Gasteiger partial charge in [0, 0.05) is 46.4 Å². The Morgan fingerprint density at radius 3 is 1.92 bits per heavy atom. The zero-order valence-corrected chi connectivity index (χ0v) is 40.2. The number of carbonyl (C=O) groups excluding carboxylic acids is 2. The van der Waals surface area contributed by atoms with Gasteiger partial charge in [0.05, 0.1) is 47.9 Å². The van der Waals surface area contributed by atoms with E-state index < -0.39 is 11.9 Å². The number of aliphatic hydroxyl groups is 1. The monoisotopic (exact) mass is 873 g/mol. The molecule has 6 rings (SSSR count). The molecule has 0 saturated carbocycles. The van der Waals surface area contributed by atoms with Crippen molar-refractivity contribution < 1.29 is 24.2 Å². The zero-order chi connectivity index (χ0) is 45.8. The number of rotatable bonds is 25. The molecule has 2 N–H and O–H groups in total. The van der Waals surface area contributed by atoms with Gasteiger partial charge < -0.3 is 19.9 Å². The van der Waals surface area contributed by atoms with Gasteiger partial charge in [-0.05, 0) is 80.6 Å². The fourth-order valence-electron chi connectivity index (χ4n) is 10.3. The van der Waals surface area contributed by atoms with Crippen LogP contribution in [0.1, 0.15) is 176 Å². The lowest BCUT2D eigenvalue weighted by Gasteiger charge is -2.20. The van der Waals surface area contributed by atoms with E-state index in [0.29, 0.717) is 35.6 Å². The van der Waals surface area contributed by atoms with E-state index in [2.05, 4.69) is 52.6 Å². The molecule has 6 aliphatic rings. The maximum atomic E-state index is 13.6. The molecule has 0 aromatic carbocycles. The third-order valence-corrected chi connectivity index (χ3v) is 14.3. The van der Waals surface area contributed by atoms with E-state index in [9.17, 15) is 14.7 Å². The molecule has 1 fully saturated rings. The van der Waals surface area contributed by atoms with E-state index in [4.69, 9.17) is 24.5 Å². The second-order valence-corrected chi connectivity index (χ2v) is 18.7. The molecule has 64 heavy (non-hydrogen) atoms. The summed E-state index contributed by atoms with van der Waals surface area (Å²) in [5.74, 6) is -2.23.